The van der Waals surface area contributed by atoms with Crippen LogP contribution >= 0.6 is 0 Å². The van der Waals surface area contributed by atoms with Crippen LogP contribution in [0.4, 0.5) is 4.79 Å². The average molecular weight is 477 g/mol. The first-order valence-electron chi connectivity index (χ1n) is 12.7. The number of carboxylic acids is 1. The number of benzene rings is 2. The summed E-state index contributed by atoms with van der Waals surface area (Å²) < 4.78 is 5.72. The standard InChI is InChI=1S/C28H32N2O5/c31-26(29-18-14-17(15-18)27(32)33)23-12-2-1-3-13-25(23)30-28(34)35-16-24-21-10-6-4-8-19(21)20-9-5-7-11-22(20)24/h4-11,17-18,23-25H,1-3,12-16H2,(H,29,31)(H,30,34)(H,32,33). The number of aliphatic carboxylic acids is 1. The van der Waals surface area contributed by atoms with Crippen LogP contribution in [-0.4, -0.2) is 41.8 Å². The smallest absolute Gasteiger partial charge is 0.407 e. The normalized spacial score (nSPS) is 25.4. The third-order valence-electron chi connectivity index (χ3n) is 7.83. The second-order valence-electron chi connectivity index (χ2n) is 10.0. The Bertz CT molecular complexity index is 1060. The molecule has 2 fully saturated rings. The lowest BCUT2D eigenvalue weighted by atomic mass is 9.80. The van der Waals surface area contributed by atoms with Gasteiger partial charge in [0.1, 0.15) is 6.61 Å². The van der Waals surface area contributed by atoms with Crippen LogP contribution in [0, 0.1) is 11.8 Å². The molecule has 5 rings (SSSR count). The number of amides is 2. The Labute approximate surface area is 205 Å². The fourth-order valence-electron chi connectivity index (χ4n) is 5.83. The zero-order valence-electron chi connectivity index (χ0n) is 19.7. The molecule has 2 aromatic rings. The van der Waals surface area contributed by atoms with Gasteiger partial charge >= 0.3 is 12.1 Å². The molecule has 184 valence electrons. The van der Waals surface area contributed by atoms with Gasteiger partial charge in [0, 0.05) is 18.0 Å². The summed E-state index contributed by atoms with van der Waals surface area (Å²) in [7, 11) is 0. The molecule has 3 N–H and O–H groups in total. The minimum Gasteiger partial charge on any atom is -0.481 e. The van der Waals surface area contributed by atoms with Gasteiger partial charge in [-0.3, -0.25) is 9.59 Å². The van der Waals surface area contributed by atoms with Crippen LogP contribution in [-0.2, 0) is 14.3 Å². The topological polar surface area (TPSA) is 105 Å². The summed E-state index contributed by atoms with van der Waals surface area (Å²) in [5, 5.41) is 15.1. The molecule has 2 unspecified atom stereocenters. The summed E-state index contributed by atoms with van der Waals surface area (Å²) >= 11 is 0. The van der Waals surface area contributed by atoms with Crippen LogP contribution in [0.25, 0.3) is 11.1 Å². The molecule has 2 saturated carbocycles. The van der Waals surface area contributed by atoms with Gasteiger partial charge in [-0.2, -0.15) is 0 Å². The van der Waals surface area contributed by atoms with Gasteiger partial charge in [-0.1, -0.05) is 67.8 Å². The molecular formula is C28H32N2O5. The number of fused-ring (bicyclic) bond motifs is 3. The van der Waals surface area contributed by atoms with Crippen molar-refractivity contribution in [1.82, 2.24) is 10.6 Å². The van der Waals surface area contributed by atoms with E-state index in [0.29, 0.717) is 19.3 Å². The molecule has 3 aliphatic rings. The lowest BCUT2D eigenvalue weighted by molar-refractivity contribution is -0.146. The highest BCUT2D eigenvalue weighted by molar-refractivity contribution is 5.82. The number of carbonyl (C=O) groups is 3. The van der Waals surface area contributed by atoms with Crippen molar-refractivity contribution in [3.63, 3.8) is 0 Å². The number of alkyl carbamates (subject to hydrolysis) is 1. The van der Waals surface area contributed by atoms with Gasteiger partial charge in [-0.25, -0.2) is 4.79 Å². The van der Waals surface area contributed by atoms with E-state index in [1.165, 1.54) is 11.1 Å². The monoisotopic (exact) mass is 476 g/mol. The van der Waals surface area contributed by atoms with Crippen molar-refractivity contribution in [2.75, 3.05) is 6.61 Å². The largest absolute Gasteiger partial charge is 0.481 e. The third-order valence-corrected chi connectivity index (χ3v) is 7.83. The molecule has 7 heteroatoms. The van der Waals surface area contributed by atoms with E-state index in [0.717, 1.165) is 36.8 Å². The first-order chi connectivity index (χ1) is 17.0. The minimum atomic E-state index is -0.806. The number of hydrogen-bond acceptors (Lipinski definition) is 4. The second kappa shape index (κ2) is 10.1. The Kier molecular flexibility index (Phi) is 6.75. The van der Waals surface area contributed by atoms with E-state index in [2.05, 4.69) is 34.9 Å². The van der Waals surface area contributed by atoms with E-state index in [1.54, 1.807) is 0 Å². The van der Waals surface area contributed by atoms with E-state index in [4.69, 9.17) is 9.84 Å². The van der Waals surface area contributed by atoms with Crippen LogP contribution in [0.5, 0.6) is 0 Å². The maximum Gasteiger partial charge on any atom is 0.407 e. The molecular weight excluding hydrogens is 444 g/mol. The van der Waals surface area contributed by atoms with Gasteiger partial charge in [0.15, 0.2) is 0 Å². The average Bonchev–Trinajstić information content (AvgIpc) is 2.95. The fourth-order valence-corrected chi connectivity index (χ4v) is 5.83. The van der Waals surface area contributed by atoms with Gasteiger partial charge in [-0.05, 0) is 47.9 Å². The Morgan fingerprint density at radius 2 is 1.49 bits per heavy atom. The van der Waals surface area contributed by atoms with Crippen LogP contribution in [0.1, 0.15) is 62.0 Å². The van der Waals surface area contributed by atoms with Crippen molar-refractivity contribution in [2.45, 2.75) is 62.9 Å². The number of carbonyl (C=O) groups excluding carboxylic acids is 2. The van der Waals surface area contributed by atoms with Crippen molar-refractivity contribution < 1.29 is 24.2 Å². The number of hydrogen-bond donors (Lipinski definition) is 3. The Balaban J connectivity index is 1.20. The second-order valence-corrected chi connectivity index (χ2v) is 10.0. The maximum absolute atomic E-state index is 13.0. The summed E-state index contributed by atoms with van der Waals surface area (Å²) in [6.07, 6.45) is 4.78. The zero-order chi connectivity index (χ0) is 24.4. The third kappa shape index (κ3) is 4.90. The van der Waals surface area contributed by atoms with Crippen LogP contribution in [0.15, 0.2) is 48.5 Å². The number of carboxylic acid groups (broad SMARTS) is 1. The molecule has 2 amide bonds. The summed E-state index contributed by atoms with van der Waals surface area (Å²) in [6.45, 7) is 0.238. The zero-order valence-corrected chi connectivity index (χ0v) is 19.7. The van der Waals surface area contributed by atoms with E-state index >= 15 is 0 Å². The quantitative estimate of drug-likeness (QED) is 0.534. The van der Waals surface area contributed by atoms with E-state index in [1.807, 2.05) is 24.3 Å². The maximum atomic E-state index is 13.0. The number of rotatable bonds is 6. The van der Waals surface area contributed by atoms with Crippen molar-refractivity contribution in [3.05, 3.63) is 59.7 Å². The molecule has 0 aliphatic heterocycles. The molecule has 35 heavy (non-hydrogen) atoms. The Morgan fingerprint density at radius 1 is 0.857 bits per heavy atom. The summed E-state index contributed by atoms with van der Waals surface area (Å²) in [5.74, 6) is -1.61. The van der Waals surface area contributed by atoms with E-state index < -0.39 is 12.1 Å². The minimum absolute atomic E-state index is 0.0119. The summed E-state index contributed by atoms with van der Waals surface area (Å²) in [5.41, 5.74) is 4.68. The van der Waals surface area contributed by atoms with E-state index in [9.17, 15) is 14.4 Å². The highest BCUT2D eigenvalue weighted by atomic mass is 16.5. The van der Waals surface area contributed by atoms with Crippen LogP contribution < -0.4 is 10.6 Å². The molecule has 7 nitrogen and oxygen atoms in total. The molecule has 0 saturated heterocycles. The SMILES string of the molecule is O=C(NC1CCCCCC1C(=O)NC1CC(C(=O)O)C1)OCC1c2ccccc2-c2ccccc21. The van der Waals surface area contributed by atoms with E-state index in [-0.39, 0.29) is 42.4 Å². The number of ether oxygens (including phenoxy) is 1. The Hall–Kier alpha value is -3.35. The molecule has 3 aliphatic carbocycles. The summed E-state index contributed by atoms with van der Waals surface area (Å²) in [6, 6.07) is 16.0. The van der Waals surface area contributed by atoms with Gasteiger partial charge in [0.05, 0.1) is 11.8 Å². The highest BCUT2D eigenvalue weighted by Gasteiger charge is 2.38. The molecule has 0 aromatic heterocycles. The lowest BCUT2D eigenvalue weighted by Gasteiger charge is -2.35. The summed E-state index contributed by atoms with van der Waals surface area (Å²) in [4.78, 5) is 36.9. The van der Waals surface area contributed by atoms with Crippen LogP contribution in [0.3, 0.4) is 0 Å². The molecule has 0 heterocycles. The van der Waals surface area contributed by atoms with Crippen LogP contribution in [0.2, 0.25) is 0 Å². The van der Waals surface area contributed by atoms with Gasteiger partial charge in [0.2, 0.25) is 5.91 Å². The molecule has 2 atom stereocenters. The van der Waals surface area contributed by atoms with Crippen molar-refractivity contribution in [2.24, 2.45) is 11.8 Å². The Morgan fingerprint density at radius 3 is 2.14 bits per heavy atom. The van der Waals surface area contributed by atoms with Crippen molar-refractivity contribution in [3.8, 4) is 11.1 Å². The predicted octanol–water partition coefficient (Wildman–Crippen LogP) is 4.45. The van der Waals surface area contributed by atoms with Crippen molar-refractivity contribution >= 4 is 18.0 Å². The van der Waals surface area contributed by atoms with Gasteiger partial charge in [-0.15, -0.1) is 0 Å². The number of nitrogens with one attached hydrogen (secondary N) is 2. The molecule has 0 spiro atoms. The first kappa shape index (κ1) is 23.4. The fraction of sp³-hybridized carbons (Fsp3) is 0.464. The molecule has 0 bridgehead atoms. The van der Waals surface area contributed by atoms with Gasteiger partial charge in [0.25, 0.3) is 0 Å². The highest BCUT2D eigenvalue weighted by Crippen LogP contribution is 2.44. The van der Waals surface area contributed by atoms with Crippen molar-refractivity contribution in [1.29, 1.82) is 0 Å². The first-order valence-corrected chi connectivity index (χ1v) is 12.7. The molecule has 2 aromatic carbocycles. The molecule has 0 radical (unpaired) electrons. The predicted molar refractivity (Wildman–Crippen MR) is 131 cm³/mol. The lowest BCUT2D eigenvalue weighted by Crippen LogP contribution is -2.52. The van der Waals surface area contributed by atoms with Gasteiger partial charge < -0.3 is 20.5 Å².